The first kappa shape index (κ1) is 39.2. The summed E-state index contributed by atoms with van der Waals surface area (Å²) in [4.78, 5) is 39.6. The fraction of sp³-hybridized carbons (Fsp3) is 0.0333. The van der Waals surface area contributed by atoms with Crippen molar-refractivity contribution < 1.29 is 0 Å². The molecule has 0 fully saturated rings. The highest BCUT2D eigenvalue weighted by molar-refractivity contribution is 5.84. The predicted molar refractivity (Wildman–Crippen MR) is 267 cm³/mol. The SMILES string of the molecule is c1ccc(-c2nc(-c3ccc4c(c3)C3c5ccccc5C4c4cc(-c5nc(-c6ccccc6)nc(-c6ccccc6-c6ccncc6)n5)ccc43)nc(-c3ccccc3-c3ccncc3)n2)cc1. The first-order valence-electron chi connectivity index (χ1n) is 22.7. The van der Waals surface area contributed by atoms with Gasteiger partial charge >= 0.3 is 0 Å². The van der Waals surface area contributed by atoms with E-state index in [0.717, 1.165) is 55.6 Å². The van der Waals surface area contributed by atoms with Crippen LogP contribution in [0, 0.1) is 0 Å². The van der Waals surface area contributed by atoms with Gasteiger partial charge in [0.25, 0.3) is 0 Å². The van der Waals surface area contributed by atoms with Crippen molar-refractivity contribution >= 4 is 0 Å². The van der Waals surface area contributed by atoms with Crippen LogP contribution in [0.15, 0.2) is 219 Å². The Morgan fingerprint density at radius 2 is 0.544 bits per heavy atom. The van der Waals surface area contributed by atoms with E-state index in [1.165, 1.54) is 33.4 Å². The van der Waals surface area contributed by atoms with Crippen molar-refractivity contribution in [2.75, 3.05) is 0 Å². The minimum atomic E-state index is -0.00134. The van der Waals surface area contributed by atoms with E-state index in [9.17, 15) is 0 Å². The molecule has 14 rings (SSSR count). The lowest BCUT2D eigenvalue weighted by Gasteiger charge is -2.42. The van der Waals surface area contributed by atoms with Gasteiger partial charge in [-0.3, -0.25) is 9.97 Å². The van der Waals surface area contributed by atoms with E-state index in [2.05, 4.69) is 94.9 Å². The second-order valence-electron chi connectivity index (χ2n) is 17.1. The summed E-state index contributed by atoms with van der Waals surface area (Å²) in [7, 11) is 0. The monoisotopic (exact) mass is 870 g/mol. The van der Waals surface area contributed by atoms with Crippen LogP contribution in [-0.2, 0) is 0 Å². The third kappa shape index (κ3) is 6.77. The molecule has 2 atom stereocenters. The second-order valence-corrected chi connectivity index (χ2v) is 17.1. The smallest absolute Gasteiger partial charge is 0.164 e. The van der Waals surface area contributed by atoms with Crippen LogP contribution >= 0.6 is 0 Å². The molecule has 4 aromatic heterocycles. The maximum atomic E-state index is 5.25. The standard InChI is InChI=1S/C60H38N8/c1-3-13-39(14-4-1)55-63-57(67-59(65-55)49-21-11-7-17-43(49)37-27-31-61-32-28-37)41-23-25-47-51(35-41)53-45-19-9-10-20-46(45)54(47)52-36-42(24-26-48(52)53)58-64-56(40-15-5-2-6-16-40)66-60(68-58)50-22-12-8-18-44(50)38-29-33-62-34-30-38/h1-36,53-54H. The van der Waals surface area contributed by atoms with E-state index in [1.54, 1.807) is 0 Å². The first-order valence-corrected chi connectivity index (χ1v) is 22.7. The van der Waals surface area contributed by atoms with Crippen molar-refractivity contribution in [3.63, 3.8) is 0 Å². The molecule has 8 heteroatoms. The summed E-state index contributed by atoms with van der Waals surface area (Å²) in [6.45, 7) is 0. The molecule has 318 valence electrons. The minimum absolute atomic E-state index is 0.00134. The summed E-state index contributed by atoms with van der Waals surface area (Å²) in [5, 5.41) is 0. The van der Waals surface area contributed by atoms with Gasteiger partial charge in [0.15, 0.2) is 34.9 Å². The molecule has 0 radical (unpaired) electrons. The van der Waals surface area contributed by atoms with Crippen LogP contribution in [-0.4, -0.2) is 39.9 Å². The van der Waals surface area contributed by atoms with Gasteiger partial charge in [-0.25, -0.2) is 29.9 Å². The molecule has 4 heterocycles. The van der Waals surface area contributed by atoms with E-state index in [1.807, 2.05) is 134 Å². The Bertz CT molecular complexity index is 3450. The Balaban J connectivity index is 0.943. The van der Waals surface area contributed by atoms with Crippen molar-refractivity contribution in [2.45, 2.75) is 11.8 Å². The number of hydrogen-bond acceptors (Lipinski definition) is 8. The molecule has 3 aliphatic rings. The fourth-order valence-corrected chi connectivity index (χ4v) is 10.1. The first-order chi connectivity index (χ1) is 33.7. The highest BCUT2D eigenvalue weighted by Crippen LogP contribution is 2.56. The second kappa shape index (κ2) is 16.4. The van der Waals surface area contributed by atoms with E-state index < -0.39 is 0 Å². The zero-order chi connectivity index (χ0) is 45.0. The summed E-state index contributed by atoms with van der Waals surface area (Å²) in [5.74, 6) is 3.71. The van der Waals surface area contributed by atoms with Crippen LogP contribution in [0.4, 0.5) is 0 Å². The Morgan fingerprint density at radius 1 is 0.221 bits per heavy atom. The zero-order valence-corrected chi connectivity index (χ0v) is 36.5. The Hall–Kier alpha value is -9.14. The van der Waals surface area contributed by atoms with Gasteiger partial charge in [0.1, 0.15) is 0 Å². The van der Waals surface area contributed by atoms with Crippen LogP contribution in [0.25, 0.3) is 90.6 Å². The van der Waals surface area contributed by atoms with Crippen molar-refractivity contribution in [3.8, 4) is 90.6 Å². The van der Waals surface area contributed by atoms with Crippen molar-refractivity contribution in [1.29, 1.82) is 0 Å². The molecule has 7 aromatic carbocycles. The van der Waals surface area contributed by atoms with Gasteiger partial charge in [0.05, 0.1) is 0 Å². The fourth-order valence-electron chi connectivity index (χ4n) is 10.1. The maximum absolute atomic E-state index is 5.25. The number of rotatable bonds is 8. The molecule has 11 aromatic rings. The number of pyridine rings is 2. The lowest BCUT2D eigenvalue weighted by atomic mass is 9.61. The van der Waals surface area contributed by atoms with Crippen LogP contribution in [0.5, 0.6) is 0 Å². The predicted octanol–water partition coefficient (Wildman–Crippen LogP) is 13.2. The molecule has 0 N–H and O–H groups in total. The van der Waals surface area contributed by atoms with Gasteiger partial charge in [-0.2, -0.15) is 0 Å². The molecular formula is C60H38N8. The molecule has 0 aliphatic heterocycles. The number of benzene rings is 7. The zero-order valence-electron chi connectivity index (χ0n) is 36.5. The van der Waals surface area contributed by atoms with Gasteiger partial charge in [-0.15, -0.1) is 0 Å². The van der Waals surface area contributed by atoms with Crippen LogP contribution in [0.1, 0.15) is 45.2 Å². The largest absolute Gasteiger partial charge is 0.265 e. The highest BCUT2D eigenvalue weighted by atomic mass is 15.0. The normalized spacial score (nSPS) is 14.2. The lowest BCUT2D eigenvalue weighted by molar-refractivity contribution is 0.754. The van der Waals surface area contributed by atoms with Crippen molar-refractivity contribution in [3.05, 3.63) is 252 Å². The number of nitrogens with zero attached hydrogens (tertiary/aromatic N) is 8. The van der Waals surface area contributed by atoms with E-state index >= 15 is 0 Å². The van der Waals surface area contributed by atoms with E-state index in [4.69, 9.17) is 29.9 Å². The topological polar surface area (TPSA) is 103 Å². The minimum Gasteiger partial charge on any atom is -0.265 e. The van der Waals surface area contributed by atoms with Crippen LogP contribution in [0.2, 0.25) is 0 Å². The molecule has 68 heavy (non-hydrogen) atoms. The molecule has 0 saturated heterocycles. The summed E-state index contributed by atoms with van der Waals surface area (Å²) < 4.78 is 0. The average molecular weight is 871 g/mol. The summed E-state index contributed by atoms with van der Waals surface area (Å²) in [6.07, 6.45) is 7.26. The van der Waals surface area contributed by atoms with Gasteiger partial charge in [-0.1, -0.05) is 158 Å². The highest BCUT2D eigenvalue weighted by Gasteiger charge is 2.41. The number of aromatic nitrogens is 8. The quantitative estimate of drug-likeness (QED) is 0.149. The Labute approximate surface area is 392 Å². The van der Waals surface area contributed by atoms with E-state index in [-0.39, 0.29) is 11.8 Å². The van der Waals surface area contributed by atoms with Crippen LogP contribution < -0.4 is 0 Å². The lowest BCUT2D eigenvalue weighted by Crippen LogP contribution is -2.27. The molecule has 2 bridgehead atoms. The molecular weight excluding hydrogens is 833 g/mol. The third-order valence-corrected chi connectivity index (χ3v) is 13.2. The molecule has 8 nitrogen and oxygen atoms in total. The van der Waals surface area contributed by atoms with Gasteiger partial charge in [-0.05, 0) is 92.0 Å². The molecule has 2 unspecified atom stereocenters. The summed E-state index contributed by atoms with van der Waals surface area (Å²) >= 11 is 0. The molecule has 3 aliphatic carbocycles. The third-order valence-electron chi connectivity index (χ3n) is 13.2. The van der Waals surface area contributed by atoms with Gasteiger partial charge in [0, 0.05) is 70.0 Å². The summed E-state index contributed by atoms with van der Waals surface area (Å²) in [6, 6.07) is 67.3. The number of hydrogen-bond donors (Lipinski definition) is 0. The average Bonchev–Trinajstić information content (AvgIpc) is 3.43. The van der Waals surface area contributed by atoms with E-state index in [0.29, 0.717) is 34.9 Å². The molecule has 0 amide bonds. The van der Waals surface area contributed by atoms with Crippen LogP contribution in [0.3, 0.4) is 0 Å². The Kier molecular flexibility index (Phi) is 9.45. The van der Waals surface area contributed by atoms with Crippen molar-refractivity contribution in [1.82, 2.24) is 39.9 Å². The van der Waals surface area contributed by atoms with Gasteiger partial charge in [0.2, 0.25) is 0 Å². The Morgan fingerprint density at radius 3 is 0.956 bits per heavy atom. The maximum Gasteiger partial charge on any atom is 0.164 e. The van der Waals surface area contributed by atoms with Crippen molar-refractivity contribution in [2.24, 2.45) is 0 Å². The molecule has 0 spiro atoms. The molecule has 0 saturated carbocycles. The summed E-state index contributed by atoms with van der Waals surface area (Å²) in [5.41, 5.74) is 17.4. The van der Waals surface area contributed by atoms with Gasteiger partial charge < -0.3 is 0 Å².